The van der Waals surface area contributed by atoms with Crippen molar-refractivity contribution in [2.24, 2.45) is 0 Å². The fraction of sp³-hybridized carbons (Fsp3) is 0.0909. The van der Waals surface area contributed by atoms with E-state index in [-0.39, 0.29) is 22.4 Å². The number of benzene rings is 3. The van der Waals surface area contributed by atoms with Gasteiger partial charge in [0, 0.05) is 31.3 Å². The molecule has 30 heavy (non-hydrogen) atoms. The van der Waals surface area contributed by atoms with Gasteiger partial charge in [0.1, 0.15) is 5.69 Å². The summed E-state index contributed by atoms with van der Waals surface area (Å²) in [5.41, 5.74) is 0.989. The first-order chi connectivity index (χ1) is 14.3. The Bertz CT molecular complexity index is 1140. The zero-order valence-corrected chi connectivity index (χ0v) is 17.0. The predicted molar refractivity (Wildman–Crippen MR) is 117 cm³/mol. The molecule has 0 aliphatic carbocycles. The summed E-state index contributed by atoms with van der Waals surface area (Å²) in [5.74, 6) is -1.00. The quantitative estimate of drug-likeness (QED) is 0.349. The van der Waals surface area contributed by atoms with Gasteiger partial charge in [-0.1, -0.05) is 41.9 Å². The summed E-state index contributed by atoms with van der Waals surface area (Å²) in [5, 5.41) is 14.5. The summed E-state index contributed by atoms with van der Waals surface area (Å²) in [4.78, 5) is 38.4. The van der Waals surface area contributed by atoms with E-state index in [4.69, 9.17) is 11.6 Å². The lowest BCUT2D eigenvalue weighted by atomic mass is 9.97. The Labute approximate surface area is 178 Å². The van der Waals surface area contributed by atoms with Crippen LogP contribution < -0.4 is 10.2 Å². The van der Waals surface area contributed by atoms with Crippen molar-refractivity contribution in [3.8, 4) is 0 Å². The van der Waals surface area contributed by atoms with E-state index >= 15 is 0 Å². The maximum atomic E-state index is 13.1. The minimum Gasteiger partial charge on any atom is -0.372 e. The molecule has 0 fully saturated rings. The van der Waals surface area contributed by atoms with Gasteiger partial charge in [0.05, 0.1) is 21.2 Å². The number of hydrogen-bond donors (Lipinski definition) is 1. The van der Waals surface area contributed by atoms with E-state index in [0.717, 1.165) is 0 Å². The van der Waals surface area contributed by atoms with Crippen LogP contribution in [0.25, 0.3) is 0 Å². The number of carbonyl (C=O) groups is 2. The maximum Gasteiger partial charge on any atom is 0.293 e. The Kier molecular flexibility index (Phi) is 6.13. The Morgan fingerprint density at radius 2 is 1.60 bits per heavy atom. The number of anilines is 2. The number of amides is 1. The molecule has 1 N–H and O–H groups in total. The fourth-order valence-corrected chi connectivity index (χ4v) is 3.16. The molecule has 0 aromatic heterocycles. The number of halogens is 1. The van der Waals surface area contributed by atoms with Gasteiger partial charge in [-0.05, 0) is 30.3 Å². The minimum atomic E-state index is -0.540. The molecular weight excluding hydrogens is 406 g/mol. The van der Waals surface area contributed by atoms with E-state index in [1.165, 1.54) is 30.3 Å². The minimum absolute atomic E-state index is 0.116. The highest BCUT2D eigenvalue weighted by molar-refractivity contribution is 6.34. The Morgan fingerprint density at radius 1 is 0.967 bits per heavy atom. The highest BCUT2D eigenvalue weighted by Crippen LogP contribution is 2.29. The van der Waals surface area contributed by atoms with Gasteiger partial charge >= 0.3 is 0 Å². The Balaban J connectivity index is 1.98. The second kappa shape index (κ2) is 8.75. The zero-order valence-electron chi connectivity index (χ0n) is 16.3. The molecule has 0 atom stereocenters. The number of nitro benzene ring substituents is 1. The first kappa shape index (κ1) is 21.0. The van der Waals surface area contributed by atoms with Crippen LogP contribution in [0.5, 0.6) is 0 Å². The molecule has 0 bridgehead atoms. The van der Waals surface area contributed by atoms with Gasteiger partial charge < -0.3 is 10.2 Å². The number of ketones is 1. The van der Waals surface area contributed by atoms with Crippen LogP contribution >= 0.6 is 11.6 Å². The predicted octanol–water partition coefficient (Wildman–Crippen LogP) is 4.80. The maximum absolute atomic E-state index is 13.1. The summed E-state index contributed by atoms with van der Waals surface area (Å²) in [6, 6.07) is 17.3. The van der Waals surface area contributed by atoms with Gasteiger partial charge in [-0.2, -0.15) is 0 Å². The zero-order chi connectivity index (χ0) is 21.8. The molecule has 152 valence electrons. The number of carbonyl (C=O) groups excluding carboxylic acids is 2. The largest absolute Gasteiger partial charge is 0.372 e. The van der Waals surface area contributed by atoms with E-state index in [1.54, 1.807) is 55.4 Å². The number of nitrogens with zero attached hydrogens (tertiary/aromatic N) is 2. The molecule has 3 aromatic carbocycles. The molecule has 0 spiro atoms. The van der Waals surface area contributed by atoms with Gasteiger partial charge in [0.15, 0.2) is 5.78 Å². The van der Waals surface area contributed by atoms with Crippen LogP contribution in [0.3, 0.4) is 0 Å². The van der Waals surface area contributed by atoms with Gasteiger partial charge in [-0.25, -0.2) is 0 Å². The van der Waals surface area contributed by atoms with Gasteiger partial charge in [0.25, 0.3) is 11.6 Å². The third-order valence-corrected chi connectivity index (χ3v) is 4.78. The summed E-state index contributed by atoms with van der Waals surface area (Å²) in [7, 11) is 3.36. The second-order valence-electron chi connectivity index (χ2n) is 6.66. The monoisotopic (exact) mass is 423 g/mol. The van der Waals surface area contributed by atoms with Crippen molar-refractivity contribution in [3.05, 3.63) is 98.6 Å². The average Bonchev–Trinajstić information content (AvgIpc) is 2.74. The Morgan fingerprint density at radius 3 is 2.23 bits per heavy atom. The molecule has 1 amide bonds. The van der Waals surface area contributed by atoms with Crippen LogP contribution in [0.2, 0.25) is 5.02 Å². The summed E-state index contributed by atoms with van der Waals surface area (Å²) >= 11 is 6.09. The molecule has 0 saturated heterocycles. The highest BCUT2D eigenvalue weighted by Gasteiger charge is 2.23. The lowest BCUT2D eigenvalue weighted by Gasteiger charge is -2.14. The molecule has 0 aliphatic heterocycles. The number of rotatable bonds is 6. The number of nitro groups is 1. The van der Waals surface area contributed by atoms with Crippen LogP contribution in [-0.4, -0.2) is 30.7 Å². The van der Waals surface area contributed by atoms with Crippen molar-refractivity contribution >= 4 is 40.4 Å². The van der Waals surface area contributed by atoms with Crippen molar-refractivity contribution in [1.82, 2.24) is 0 Å². The smallest absolute Gasteiger partial charge is 0.293 e. The molecule has 0 heterocycles. The van der Waals surface area contributed by atoms with Crippen molar-refractivity contribution in [2.45, 2.75) is 0 Å². The normalized spacial score (nSPS) is 10.4. The molecule has 0 radical (unpaired) electrons. The summed E-state index contributed by atoms with van der Waals surface area (Å²) in [6.07, 6.45) is 0. The third-order valence-electron chi connectivity index (χ3n) is 4.45. The first-order valence-corrected chi connectivity index (χ1v) is 9.32. The molecule has 3 aromatic rings. The molecular formula is C22H18ClN3O4. The lowest BCUT2D eigenvalue weighted by Crippen LogP contribution is -2.17. The van der Waals surface area contributed by atoms with Crippen LogP contribution in [0.1, 0.15) is 26.3 Å². The van der Waals surface area contributed by atoms with Crippen LogP contribution in [-0.2, 0) is 0 Å². The molecule has 0 aliphatic rings. The van der Waals surface area contributed by atoms with Gasteiger partial charge in [-0.15, -0.1) is 0 Å². The highest BCUT2D eigenvalue weighted by atomic mass is 35.5. The third kappa shape index (κ3) is 4.31. The van der Waals surface area contributed by atoms with E-state index in [0.29, 0.717) is 16.4 Å². The van der Waals surface area contributed by atoms with E-state index in [1.807, 2.05) is 0 Å². The molecule has 0 unspecified atom stereocenters. The molecule has 0 saturated carbocycles. The van der Waals surface area contributed by atoms with Gasteiger partial charge in [-0.3, -0.25) is 19.7 Å². The van der Waals surface area contributed by atoms with Crippen molar-refractivity contribution in [1.29, 1.82) is 0 Å². The van der Waals surface area contributed by atoms with Crippen molar-refractivity contribution < 1.29 is 14.5 Å². The van der Waals surface area contributed by atoms with Crippen LogP contribution in [0, 0.1) is 10.1 Å². The van der Waals surface area contributed by atoms with E-state index in [2.05, 4.69) is 5.32 Å². The summed E-state index contributed by atoms with van der Waals surface area (Å²) in [6.45, 7) is 0. The first-order valence-electron chi connectivity index (χ1n) is 8.95. The number of hydrogen-bond acceptors (Lipinski definition) is 5. The number of nitrogens with one attached hydrogen (secondary N) is 1. The molecule has 3 rings (SSSR count). The van der Waals surface area contributed by atoms with Crippen LogP contribution in [0.15, 0.2) is 66.7 Å². The fourth-order valence-electron chi connectivity index (χ4n) is 2.98. The van der Waals surface area contributed by atoms with Gasteiger partial charge in [0.2, 0.25) is 0 Å². The van der Waals surface area contributed by atoms with Crippen LogP contribution in [0.4, 0.5) is 17.1 Å². The SMILES string of the molecule is CN(C)c1ccc(C(=O)c2ccccc2C(=O)Nc2ccccc2Cl)cc1[N+](=O)[O-]. The summed E-state index contributed by atoms with van der Waals surface area (Å²) < 4.78 is 0. The van der Waals surface area contributed by atoms with E-state index < -0.39 is 16.6 Å². The molecule has 7 nitrogen and oxygen atoms in total. The van der Waals surface area contributed by atoms with E-state index in [9.17, 15) is 19.7 Å². The number of para-hydroxylation sites is 1. The second-order valence-corrected chi connectivity index (χ2v) is 7.07. The lowest BCUT2D eigenvalue weighted by molar-refractivity contribution is -0.384. The molecule has 8 heteroatoms. The Hall–Kier alpha value is -3.71. The topological polar surface area (TPSA) is 92.6 Å². The average molecular weight is 424 g/mol. The van der Waals surface area contributed by atoms with Crippen molar-refractivity contribution in [3.63, 3.8) is 0 Å². The van der Waals surface area contributed by atoms with Crippen molar-refractivity contribution in [2.75, 3.05) is 24.3 Å². The standard InChI is InChI=1S/C22H18ClN3O4/c1-25(2)19-12-11-14(13-20(19)26(29)30)21(27)15-7-3-4-8-16(15)22(28)24-18-10-6-5-9-17(18)23/h3-13H,1-2H3,(H,24,28).